The van der Waals surface area contributed by atoms with E-state index >= 15 is 0 Å². The van der Waals surface area contributed by atoms with Crippen LogP contribution in [0.4, 0.5) is 11.4 Å². The van der Waals surface area contributed by atoms with E-state index in [1.807, 2.05) is 18.2 Å². The summed E-state index contributed by atoms with van der Waals surface area (Å²) in [6.07, 6.45) is 6.52. The van der Waals surface area contributed by atoms with Crippen LogP contribution in [-0.4, -0.2) is 30.7 Å². The van der Waals surface area contributed by atoms with E-state index in [-0.39, 0.29) is 0 Å². The predicted molar refractivity (Wildman–Crippen MR) is 78.5 cm³/mol. The maximum Gasteiger partial charge on any atom is 0.0778 e. The fourth-order valence-corrected chi connectivity index (χ4v) is 3.10. The second-order valence-electron chi connectivity index (χ2n) is 4.67. The third-order valence-electron chi connectivity index (χ3n) is 3.07. The van der Waals surface area contributed by atoms with Crippen molar-refractivity contribution in [3.8, 4) is 0 Å². The Morgan fingerprint density at radius 1 is 1.33 bits per heavy atom. The average molecular weight is 257 g/mol. The van der Waals surface area contributed by atoms with Crippen LogP contribution in [0.1, 0.15) is 0 Å². The Balaban J connectivity index is 2.02. The van der Waals surface area contributed by atoms with E-state index in [1.54, 1.807) is 11.8 Å². The summed E-state index contributed by atoms with van der Waals surface area (Å²) < 4.78 is 0. The van der Waals surface area contributed by atoms with Crippen molar-refractivity contribution < 1.29 is 0 Å². The molecule has 4 heteroatoms. The highest BCUT2D eigenvalue weighted by atomic mass is 32.2. The molecule has 1 aromatic carbocycles. The molecule has 18 heavy (non-hydrogen) atoms. The van der Waals surface area contributed by atoms with Gasteiger partial charge in [0.15, 0.2) is 0 Å². The standard InChI is InChI=1S/C14H15N3S/c1-17(2)10-4-6-12-14(8-10)18-13-7-9(15)3-5-11(13)16-12/h3-8,10H,15H2,1-2H3. The normalized spacial score (nSPS) is 21.2. The molecule has 0 saturated carbocycles. The molecule has 1 heterocycles. The number of likely N-dealkylation sites (N-methyl/N-ethyl adjacent to an activating group) is 1. The van der Waals surface area contributed by atoms with Crippen LogP contribution in [0.2, 0.25) is 0 Å². The summed E-state index contributed by atoms with van der Waals surface area (Å²) in [5, 5.41) is 0. The first-order valence-corrected chi connectivity index (χ1v) is 6.68. The Labute approximate surface area is 111 Å². The molecule has 3 rings (SSSR count). The Morgan fingerprint density at radius 2 is 2.17 bits per heavy atom. The molecule has 92 valence electrons. The number of nitrogens with two attached hydrogens (primary N) is 1. The molecule has 1 aliphatic heterocycles. The molecule has 3 nitrogen and oxygen atoms in total. The summed E-state index contributed by atoms with van der Waals surface area (Å²) in [4.78, 5) is 9.20. The minimum absolute atomic E-state index is 0.342. The van der Waals surface area contributed by atoms with Crippen LogP contribution in [0.15, 0.2) is 51.2 Å². The molecule has 1 aliphatic carbocycles. The summed E-state index contributed by atoms with van der Waals surface area (Å²) in [6.45, 7) is 0. The second-order valence-corrected chi connectivity index (χ2v) is 5.75. The maximum atomic E-state index is 5.82. The molecule has 0 bridgehead atoms. The van der Waals surface area contributed by atoms with Gasteiger partial charge in [0.1, 0.15) is 0 Å². The molecule has 0 fully saturated rings. The van der Waals surface area contributed by atoms with Gasteiger partial charge in [0, 0.05) is 21.5 Å². The number of nitrogens with zero attached hydrogens (tertiary/aromatic N) is 2. The van der Waals surface area contributed by atoms with Crippen LogP contribution in [0.3, 0.4) is 0 Å². The zero-order valence-electron chi connectivity index (χ0n) is 10.4. The van der Waals surface area contributed by atoms with Crippen molar-refractivity contribution in [2.45, 2.75) is 10.9 Å². The Bertz CT molecular complexity index is 585. The van der Waals surface area contributed by atoms with Crippen molar-refractivity contribution in [2.75, 3.05) is 19.8 Å². The lowest BCUT2D eigenvalue weighted by Gasteiger charge is -2.25. The fourth-order valence-electron chi connectivity index (χ4n) is 2.02. The van der Waals surface area contributed by atoms with Gasteiger partial charge in [-0.1, -0.05) is 17.8 Å². The molecule has 2 aliphatic rings. The molecule has 0 saturated heterocycles. The quantitative estimate of drug-likeness (QED) is 0.787. The minimum atomic E-state index is 0.342. The van der Waals surface area contributed by atoms with E-state index in [0.29, 0.717) is 6.04 Å². The van der Waals surface area contributed by atoms with Gasteiger partial charge in [-0.2, -0.15) is 0 Å². The summed E-state index contributed by atoms with van der Waals surface area (Å²) in [7, 11) is 4.15. The number of fused-ring (bicyclic) bond motifs is 2. The van der Waals surface area contributed by atoms with Gasteiger partial charge in [-0.25, -0.2) is 4.99 Å². The third kappa shape index (κ3) is 1.98. The smallest absolute Gasteiger partial charge is 0.0778 e. The van der Waals surface area contributed by atoms with Gasteiger partial charge in [0.2, 0.25) is 0 Å². The number of anilines is 1. The number of benzene rings is 1. The molecular formula is C14H15N3S. The van der Waals surface area contributed by atoms with Crippen LogP contribution in [0.25, 0.3) is 0 Å². The van der Waals surface area contributed by atoms with Crippen molar-refractivity contribution in [1.82, 2.24) is 4.90 Å². The molecule has 0 radical (unpaired) electrons. The van der Waals surface area contributed by atoms with Crippen molar-refractivity contribution in [1.29, 1.82) is 0 Å². The predicted octanol–water partition coefficient (Wildman–Crippen LogP) is 2.83. The fraction of sp³-hybridized carbons (Fsp3) is 0.214. The van der Waals surface area contributed by atoms with Gasteiger partial charge in [-0.3, -0.25) is 4.90 Å². The molecule has 0 amide bonds. The molecule has 1 unspecified atom stereocenters. The monoisotopic (exact) mass is 257 g/mol. The lowest BCUT2D eigenvalue weighted by atomic mass is 10.1. The lowest BCUT2D eigenvalue weighted by molar-refractivity contribution is 0.391. The zero-order chi connectivity index (χ0) is 12.7. The van der Waals surface area contributed by atoms with E-state index < -0.39 is 0 Å². The number of hydrogen-bond acceptors (Lipinski definition) is 4. The zero-order valence-corrected chi connectivity index (χ0v) is 11.2. The van der Waals surface area contributed by atoms with Crippen molar-refractivity contribution in [3.05, 3.63) is 41.3 Å². The highest BCUT2D eigenvalue weighted by Crippen LogP contribution is 2.42. The maximum absolute atomic E-state index is 5.82. The Hall–Kier alpha value is -1.52. The van der Waals surface area contributed by atoms with Crippen LogP contribution in [-0.2, 0) is 0 Å². The third-order valence-corrected chi connectivity index (χ3v) is 4.18. The van der Waals surface area contributed by atoms with E-state index in [4.69, 9.17) is 5.73 Å². The number of aliphatic imine (C=N–C) groups is 1. The molecule has 1 aromatic rings. The first-order chi connectivity index (χ1) is 8.63. The van der Waals surface area contributed by atoms with Crippen LogP contribution < -0.4 is 5.73 Å². The van der Waals surface area contributed by atoms with Crippen LogP contribution >= 0.6 is 11.8 Å². The van der Waals surface area contributed by atoms with Gasteiger partial charge >= 0.3 is 0 Å². The van der Waals surface area contributed by atoms with Crippen LogP contribution in [0.5, 0.6) is 0 Å². The summed E-state index contributed by atoms with van der Waals surface area (Å²) in [5.41, 5.74) is 8.67. The molecular weight excluding hydrogens is 242 g/mol. The van der Waals surface area contributed by atoms with Gasteiger partial charge in [0.05, 0.1) is 11.4 Å². The Morgan fingerprint density at radius 3 is 2.94 bits per heavy atom. The largest absolute Gasteiger partial charge is 0.399 e. The SMILES string of the molecule is CN(C)C1C=CC2=Nc3ccc(N)cc3SC2=C1. The highest BCUT2D eigenvalue weighted by Gasteiger charge is 2.21. The van der Waals surface area contributed by atoms with Gasteiger partial charge < -0.3 is 5.73 Å². The van der Waals surface area contributed by atoms with Crippen molar-refractivity contribution >= 4 is 28.8 Å². The molecule has 1 atom stereocenters. The molecule has 2 N–H and O–H groups in total. The second kappa shape index (κ2) is 4.30. The van der Waals surface area contributed by atoms with Gasteiger partial charge in [-0.05, 0) is 44.4 Å². The van der Waals surface area contributed by atoms with E-state index in [2.05, 4.69) is 42.2 Å². The number of allylic oxidation sites excluding steroid dienone is 2. The van der Waals surface area contributed by atoms with Gasteiger partial charge in [0.25, 0.3) is 0 Å². The van der Waals surface area contributed by atoms with Gasteiger partial charge in [-0.15, -0.1) is 0 Å². The summed E-state index contributed by atoms with van der Waals surface area (Å²) in [5.74, 6) is 0. The average Bonchev–Trinajstić information content (AvgIpc) is 2.35. The van der Waals surface area contributed by atoms with Crippen molar-refractivity contribution in [3.63, 3.8) is 0 Å². The number of thioether (sulfide) groups is 1. The van der Waals surface area contributed by atoms with E-state index in [0.717, 1.165) is 22.0 Å². The highest BCUT2D eigenvalue weighted by molar-refractivity contribution is 8.04. The Kier molecular flexibility index (Phi) is 2.76. The first kappa shape index (κ1) is 11.6. The van der Waals surface area contributed by atoms with Crippen molar-refractivity contribution in [2.24, 2.45) is 4.99 Å². The first-order valence-electron chi connectivity index (χ1n) is 5.86. The van der Waals surface area contributed by atoms with E-state index in [1.165, 1.54) is 4.91 Å². The number of hydrogen-bond donors (Lipinski definition) is 1. The number of nitrogen functional groups attached to an aromatic ring is 1. The topological polar surface area (TPSA) is 41.6 Å². The van der Waals surface area contributed by atoms with Crippen LogP contribution in [0, 0.1) is 0 Å². The summed E-state index contributed by atoms with van der Waals surface area (Å²) >= 11 is 1.75. The number of rotatable bonds is 1. The molecule has 0 aromatic heterocycles. The van der Waals surface area contributed by atoms with E-state index in [9.17, 15) is 0 Å². The summed E-state index contributed by atoms with van der Waals surface area (Å²) in [6, 6.07) is 6.21. The lowest BCUT2D eigenvalue weighted by Crippen LogP contribution is -2.27. The molecule has 0 spiro atoms. The minimum Gasteiger partial charge on any atom is -0.399 e.